The van der Waals surface area contributed by atoms with Gasteiger partial charge in [-0.25, -0.2) is 0 Å². The largest absolute Gasteiger partial charge is 0.349 e. The van der Waals surface area contributed by atoms with Crippen LogP contribution in [0.15, 0.2) is 0 Å². The van der Waals surface area contributed by atoms with Crippen LogP contribution < -0.4 is 5.32 Å². The zero-order valence-corrected chi connectivity index (χ0v) is 12.7. The van der Waals surface area contributed by atoms with Crippen molar-refractivity contribution < 1.29 is 14.1 Å². The molecule has 0 aromatic heterocycles. The molecule has 5 heteroatoms. The molecule has 2 fully saturated rings. The highest BCUT2D eigenvalue weighted by Crippen LogP contribution is 2.17. The van der Waals surface area contributed by atoms with Crippen LogP contribution in [0.4, 0.5) is 0 Å². The van der Waals surface area contributed by atoms with E-state index in [-0.39, 0.29) is 18.4 Å². The number of amides is 2. The van der Waals surface area contributed by atoms with E-state index in [0.717, 1.165) is 37.1 Å². The first kappa shape index (κ1) is 15.3. The molecule has 2 saturated heterocycles. The summed E-state index contributed by atoms with van der Waals surface area (Å²) in [5.74, 6) is 0.111. The standard InChI is InChI=1S/C15H27N3O2/c1-2-18(10-4-3-5-11-18)12-8-16-14(19)13-17-9-6-7-15(17)20/h2-13H2,1H3/p+1. The molecule has 20 heavy (non-hydrogen) atoms. The lowest BCUT2D eigenvalue weighted by Crippen LogP contribution is -2.54. The van der Waals surface area contributed by atoms with Gasteiger partial charge in [-0.2, -0.15) is 0 Å². The zero-order chi connectivity index (χ0) is 14.4. The summed E-state index contributed by atoms with van der Waals surface area (Å²) >= 11 is 0. The van der Waals surface area contributed by atoms with Crippen molar-refractivity contribution in [3.05, 3.63) is 0 Å². The molecular formula is C15H28N3O2+. The highest BCUT2D eigenvalue weighted by atomic mass is 16.2. The number of likely N-dealkylation sites (tertiary alicyclic amines) is 2. The first-order chi connectivity index (χ1) is 9.65. The molecular weight excluding hydrogens is 254 g/mol. The molecule has 0 radical (unpaired) electrons. The Labute approximate surface area is 121 Å². The van der Waals surface area contributed by atoms with Crippen molar-refractivity contribution in [3.8, 4) is 0 Å². The summed E-state index contributed by atoms with van der Waals surface area (Å²) in [5.41, 5.74) is 0. The van der Waals surface area contributed by atoms with Crippen LogP contribution in [0.5, 0.6) is 0 Å². The van der Waals surface area contributed by atoms with Crippen molar-refractivity contribution in [1.29, 1.82) is 0 Å². The van der Waals surface area contributed by atoms with Crippen LogP contribution >= 0.6 is 0 Å². The molecule has 1 N–H and O–H groups in total. The average molecular weight is 282 g/mol. The second kappa shape index (κ2) is 7.07. The molecule has 0 spiro atoms. The maximum Gasteiger partial charge on any atom is 0.239 e. The van der Waals surface area contributed by atoms with Gasteiger partial charge < -0.3 is 14.7 Å². The van der Waals surface area contributed by atoms with Gasteiger partial charge in [-0.15, -0.1) is 0 Å². The summed E-state index contributed by atoms with van der Waals surface area (Å²) in [6.45, 7) is 8.63. The summed E-state index contributed by atoms with van der Waals surface area (Å²) in [6.07, 6.45) is 5.46. The molecule has 114 valence electrons. The molecule has 2 heterocycles. The van der Waals surface area contributed by atoms with Gasteiger partial charge in [0, 0.05) is 13.0 Å². The fourth-order valence-corrected chi connectivity index (χ4v) is 3.41. The van der Waals surface area contributed by atoms with Crippen molar-refractivity contribution in [2.75, 3.05) is 45.8 Å². The molecule has 0 aromatic rings. The topological polar surface area (TPSA) is 49.4 Å². The second-order valence-corrected chi connectivity index (χ2v) is 6.16. The van der Waals surface area contributed by atoms with Gasteiger partial charge in [-0.3, -0.25) is 9.59 Å². The van der Waals surface area contributed by atoms with Gasteiger partial charge in [0.15, 0.2) is 0 Å². The van der Waals surface area contributed by atoms with Gasteiger partial charge in [0.25, 0.3) is 0 Å². The van der Waals surface area contributed by atoms with Crippen LogP contribution in [-0.4, -0.2) is 67.0 Å². The number of carbonyl (C=O) groups is 2. The number of nitrogens with one attached hydrogen (secondary N) is 1. The average Bonchev–Trinajstić information content (AvgIpc) is 2.85. The number of hydrogen-bond acceptors (Lipinski definition) is 2. The van der Waals surface area contributed by atoms with Crippen molar-refractivity contribution in [3.63, 3.8) is 0 Å². The highest BCUT2D eigenvalue weighted by Gasteiger charge is 2.28. The number of nitrogens with zero attached hydrogens (tertiary/aromatic N) is 2. The molecule has 2 aliphatic heterocycles. The van der Waals surface area contributed by atoms with E-state index in [4.69, 9.17) is 0 Å². The fraction of sp³-hybridized carbons (Fsp3) is 0.867. The lowest BCUT2D eigenvalue weighted by molar-refractivity contribution is -0.929. The van der Waals surface area contributed by atoms with E-state index in [2.05, 4.69) is 12.2 Å². The first-order valence-corrected chi connectivity index (χ1v) is 8.05. The number of likely N-dealkylation sites (N-methyl/N-ethyl adjacent to an activating group) is 1. The van der Waals surface area contributed by atoms with E-state index >= 15 is 0 Å². The minimum absolute atomic E-state index is 0.00786. The van der Waals surface area contributed by atoms with E-state index in [1.165, 1.54) is 32.4 Å². The molecule has 0 aromatic carbocycles. The molecule has 0 unspecified atom stereocenters. The first-order valence-electron chi connectivity index (χ1n) is 8.05. The molecule has 2 amide bonds. The lowest BCUT2D eigenvalue weighted by atomic mass is 10.1. The molecule has 2 rings (SSSR count). The molecule has 0 atom stereocenters. The SMILES string of the molecule is CC[N+]1(CCNC(=O)CN2CCCC2=O)CCCCC1. The van der Waals surface area contributed by atoms with Gasteiger partial charge >= 0.3 is 0 Å². The maximum absolute atomic E-state index is 11.9. The predicted molar refractivity (Wildman–Crippen MR) is 78.1 cm³/mol. The highest BCUT2D eigenvalue weighted by molar-refractivity contribution is 5.85. The lowest BCUT2D eigenvalue weighted by Gasteiger charge is -2.40. The van der Waals surface area contributed by atoms with Gasteiger partial charge in [0.2, 0.25) is 11.8 Å². The van der Waals surface area contributed by atoms with Crippen molar-refractivity contribution in [1.82, 2.24) is 10.2 Å². The molecule has 5 nitrogen and oxygen atoms in total. The van der Waals surface area contributed by atoms with Crippen LogP contribution in [0.25, 0.3) is 0 Å². The Bertz CT molecular complexity index is 351. The Morgan fingerprint density at radius 2 is 2.00 bits per heavy atom. The minimum Gasteiger partial charge on any atom is -0.349 e. The third-order valence-electron chi connectivity index (χ3n) is 4.85. The van der Waals surface area contributed by atoms with Gasteiger partial charge in [0.05, 0.1) is 39.3 Å². The normalized spacial score (nSPS) is 22.1. The summed E-state index contributed by atoms with van der Waals surface area (Å²) in [7, 11) is 0. The molecule has 0 bridgehead atoms. The van der Waals surface area contributed by atoms with Crippen molar-refractivity contribution >= 4 is 11.8 Å². The number of quaternary nitrogens is 1. The number of carbonyl (C=O) groups excluding carboxylic acids is 2. The van der Waals surface area contributed by atoms with Crippen LogP contribution in [0.3, 0.4) is 0 Å². The van der Waals surface area contributed by atoms with Crippen LogP contribution in [-0.2, 0) is 9.59 Å². The van der Waals surface area contributed by atoms with E-state index in [1.54, 1.807) is 4.90 Å². The number of piperidine rings is 1. The van der Waals surface area contributed by atoms with Gasteiger partial charge in [-0.05, 0) is 32.6 Å². The molecule has 0 saturated carbocycles. The Balaban J connectivity index is 1.69. The third-order valence-corrected chi connectivity index (χ3v) is 4.85. The van der Waals surface area contributed by atoms with Crippen LogP contribution in [0.1, 0.15) is 39.0 Å². The Kier molecular flexibility index (Phi) is 5.40. The minimum atomic E-state index is -0.00786. The van der Waals surface area contributed by atoms with E-state index in [9.17, 15) is 9.59 Å². The quantitative estimate of drug-likeness (QED) is 0.731. The van der Waals surface area contributed by atoms with Crippen LogP contribution in [0, 0.1) is 0 Å². The maximum atomic E-state index is 11.9. The van der Waals surface area contributed by atoms with E-state index < -0.39 is 0 Å². The second-order valence-electron chi connectivity index (χ2n) is 6.16. The summed E-state index contributed by atoms with van der Waals surface area (Å²) in [4.78, 5) is 25.0. The summed E-state index contributed by atoms with van der Waals surface area (Å²) in [5, 5.41) is 2.99. The molecule has 2 aliphatic rings. The Hall–Kier alpha value is -1.10. The van der Waals surface area contributed by atoms with Crippen molar-refractivity contribution in [2.24, 2.45) is 0 Å². The van der Waals surface area contributed by atoms with E-state index in [1.807, 2.05) is 0 Å². The third kappa shape index (κ3) is 3.95. The fourth-order valence-electron chi connectivity index (χ4n) is 3.41. The van der Waals surface area contributed by atoms with E-state index in [0.29, 0.717) is 6.42 Å². The van der Waals surface area contributed by atoms with Crippen molar-refractivity contribution in [2.45, 2.75) is 39.0 Å². The Morgan fingerprint density at radius 3 is 2.60 bits per heavy atom. The summed E-state index contributed by atoms with van der Waals surface area (Å²) in [6, 6.07) is 0. The number of hydrogen-bond donors (Lipinski definition) is 1. The van der Waals surface area contributed by atoms with Crippen LogP contribution in [0.2, 0.25) is 0 Å². The van der Waals surface area contributed by atoms with Gasteiger partial charge in [0.1, 0.15) is 0 Å². The monoisotopic (exact) mass is 282 g/mol. The van der Waals surface area contributed by atoms with Gasteiger partial charge in [-0.1, -0.05) is 0 Å². The Morgan fingerprint density at radius 1 is 1.25 bits per heavy atom. The predicted octanol–water partition coefficient (Wildman–Crippen LogP) is 0.746. The zero-order valence-electron chi connectivity index (χ0n) is 12.7. The number of rotatable bonds is 6. The summed E-state index contributed by atoms with van der Waals surface area (Å²) < 4.78 is 1.14. The molecule has 0 aliphatic carbocycles. The smallest absolute Gasteiger partial charge is 0.239 e.